The summed E-state index contributed by atoms with van der Waals surface area (Å²) in [5, 5.41) is 17.5. The van der Waals surface area contributed by atoms with Crippen molar-refractivity contribution in [1.82, 2.24) is 0 Å². The van der Waals surface area contributed by atoms with Gasteiger partial charge in [0.1, 0.15) is 6.04 Å². The number of carboxylic acids is 2. The summed E-state index contributed by atoms with van der Waals surface area (Å²) in [5.41, 5.74) is 5.83. The number of hydrogen-bond donors (Lipinski definition) is 3. The normalized spacial score (nSPS) is 11.5. The molecule has 33 heavy (non-hydrogen) atoms. The summed E-state index contributed by atoms with van der Waals surface area (Å²) < 4.78 is 8.83. The Morgan fingerprint density at radius 1 is 0.879 bits per heavy atom. The van der Waals surface area contributed by atoms with Gasteiger partial charge in [0.15, 0.2) is 0 Å². The Morgan fingerprint density at radius 3 is 1.64 bits per heavy atom. The number of rotatable bonds is 7. The third-order valence-corrected chi connectivity index (χ3v) is 3.94. The lowest BCUT2D eigenvalue weighted by molar-refractivity contribution is -0.147. The van der Waals surface area contributed by atoms with E-state index < -0.39 is 35.3 Å². The summed E-state index contributed by atoms with van der Waals surface area (Å²) in [6.07, 6.45) is -0.249. The lowest BCUT2D eigenvalue weighted by Crippen LogP contribution is -2.20. The molecule has 0 saturated carbocycles. The molecule has 9 nitrogen and oxygen atoms in total. The van der Waals surface area contributed by atoms with E-state index in [-0.39, 0.29) is 12.5 Å². The van der Waals surface area contributed by atoms with Crippen molar-refractivity contribution < 1.29 is 38.9 Å². The topological polar surface area (TPSA) is 153 Å². The molecule has 0 amide bonds. The zero-order valence-corrected chi connectivity index (χ0v) is 19.3. The van der Waals surface area contributed by atoms with Gasteiger partial charge in [-0.3, -0.25) is 14.4 Å². The molecule has 0 aromatic heterocycles. The average molecular weight is 482 g/mol. The van der Waals surface area contributed by atoms with Gasteiger partial charge in [0.25, 0.3) is 0 Å². The molecule has 2 atom stereocenters. The molecule has 0 bridgehead atoms. The molecule has 0 aliphatic heterocycles. The molecule has 2 aromatic rings. The van der Waals surface area contributed by atoms with Crippen molar-refractivity contribution in [3.8, 4) is 0 Å². The van der Waals surface area contributed by atoms with Crippen LogP contribution in [-0.2, 0) is 23.9 Å². The second-order valence-electron chi connectivity index (χ2n) is 6.71. The molecule has 4 N–H and O–H groups in total. The van der Waals surface area contributed by atoms with Gasteiger partial charge in [-0.25, -0.2) is 4.79 Å². The number of benzene rings is 2. The minimum absolute atomic E-state index is 0.106. The molecular formula is C23H28ClNO8. The Bertz CT molecular complexity index is 875. The summed E-state index contributed by atoms with van der Waals surface area (Å²) in [5.74, 6) is -3.38. The van der Waals surface area contributed by atoms with Crippen LogP contribution < -0.4 is 5.73 Å². The number of ether oxygens (including phenoxy) is 2. The van der Waals surface area contributed by atoms with Gasteiger partial charge >= 0.3 is 23.3 Å². The molecule has 0 saturated heterocycles. The smallest absolute Gasteiger partial charge is 0.404 e. The largest absolute Gasteiger partial charge is 0.481 e. The first-order chi connectivity index (χ1) is 15.5. The molecular weight excluding hydrogens is 454 g/mol. The van der Waals surface area contributed by atoms with Crippen LogP contribution in [0.3, 0.4) is 0 Å². The van der Waals surface area contributed by atoms with Crippen molar-refractivity contribution in [2.75, 3.05) is 7.11 Å². The van der Waals surface area contributed by atoms with E-state index >= 15 is 0 Å². The fraction of sp³-hybridized carbons (Fsp3) is 0.304. The monoisotopic (exact) mass is 481 g/mol. The lowest BCUT2D eigenvalue weighted by Gasteiger charge is -2.10. The molecule has 0 fully saturated rings. The van der Waals surface area contributed by atoms with Crippen LogP contribution in [0, 0.1) is 0 Å². The molecule has 0 heterocycles. The number of esters is 1. The third-order valence-electron chi connectivity index (χ3n) is 3.85. The van der Waals surface area contributed by atoms with Crippen LogP contribution in [0.25, 0.3) is 0 Å². The number of carboxylic acid groups (broad SMARTS) is 2. The van der Waals surface area contributed by atoms with Crippen LogP contribution in [0.5, 0.6) is 0 Å². The Kier molecular flexibility index (Phi) is 14.6. The first kappa shape index (κ1) is 29.6. The maximum Gasteiger partial charge on any atom is 0.404 e. The van der Waals surface area contributed by atoms with Gasteiger partial charge in [-0.2, -0.15) is 0 Å². The predicted molar refractivity (Wildman–Crippen MR) is 122 cm³/mol. The standard InChI is InChI=1S/C11H12O4.C8H9NO2.C4H7ClO2/c1-15-10(12)7-9(11(13)14)8-5-3-2-4-6-8;9-7(8(10)11)6-4-2-1-3-5-6;1-3(2)7-4(5)6/h2-6,9H,7H2,1H3,(H,13,14);1-5,7H,9H2,(H,10,11);3H,1-2H3/t9-;7-;/m11./s1. The van der Waals surface area contributed by atoms with Gasteiger partial charge in [0.05, 0.1) is 25.6 Å². The molecule has 2 aromatic carbocycles. The van der Waals surface area contributed by atoms with Gasteiger partial charge in [-0.05, 0) is 25.0 Å². The van der Waals surface area contributed by atoms with Crippen molar-refractivity contribution >= 4 is 34.9 Å². The number of carbonyl (C=O) groups excluding carboxylic acids is 2. The second kappa shape index (κ2) is 16.2. The van der Waals surface area contributed by atoms with E-state index in [2.05, 4.69) is 9.47 Å². The number of nitrogens with two attached hydrogens (primary N) is 1. The molecule has 2 rings (SSSR count). The maximum absolute atomic E-state index is 11.0. The van der Waals surface area contributed by atoms with Crippen molar-refractivity contribution in [3.05, 3.63) is 71.8 Å². The Morgan fingerprint density at radius 2 is 1.33 bits per heavy atom. The van der Waals surface area contributed by atoms with Crippen LogP contribution in [0.15, 0.2) is 60.7 Å². The van der Waals surface area contributed by atoms with Crippen molar-refractivity contribution in [1.29, 1.82) is 0 Å². The van der Waals surface area contributed by atoms with Crippen LogP contribution >= 0.6 is 11.6 Å². The third kappa shape index (κ3) is 13.6. The van der Waals surface area contributed by atoms with Crippen molar-refractivity contribution in [2.24, 2.45) is 5.73 Å². The van der Waals surface area contributed by atoms with Gasteiger partial charge in [-0.1, -0.05) is 60.7 Å². The molecule has 10 heteroatoms. The van der Waals surface area contributed by atoms with E-state index in [1.54, 1.807) is 68.4 Å². The van der Waals surface area contributed by atoms with E-state index in [9.17, 15) is 19.2 Å². The zero-order valence-electron chi connectivity index (χ0n) is 18.5. The van der Waals surface area contributed by atoms with Crippen LogP contribution in [0.1, 0.15) is 43.4 Å². The fourth-order valence-electron chi connectivity index (χ4n) is 2.27. The van der Waals surface area contributed by atoms with Crippen LogP contribution in [0.4, 0.5) is 4.79 Å². The SMILES string of the molecule is CC(C)OC(=O)Cl.COC(=O)C[C@@H](C(=O)O)c1ccccc1.N[C@@H](C(=O)O)c1ccccc1. The molecule has 0 aliphatic carbocycles. The van der Waals surface area contributed by atoms with Gasteiger partial charge in [0, 0.05) is 11.6 Å². The van der Waals surface area contributed by atoms with Gasteiger partial charge in [0.2, 0.25) is 0 Å². The van der Waals surface area contributed by atoms with Gasteiger partial charge < -0.3 is 25.4 Å². The van der Waals surface area contributed by atoms with Crippen LogP contribution in [-0.4, -0.2) is 46.8 Å². The Hall–Kier alpha value is -3.43. The summed E-state index contributed by atoms with van der Waals surface area (Å²) in [6.45, 7) is 3.47. The number of halogens is 1. The lowest BCUT2D eigenvalue weighted by atomic mass is 9.96. The summed E-state index contributed by atoms with van der Waals surface area (Å²) in [4.78, 5) is 42.1. The van der Waals surface area contributed by atoms with E-state index in [1.807, 2.05) is 6.07 Å². The highest BCUT2D eigenvalue weighted by Gasteiger charge is 2.23. The zero-order chi connectivity index (χ0) is 25.4. The quantitative estimate of drug-likeness (QED) is 0.393. The highest BCUT2D eigenvalue weighted by molar-refractivity contribution is 6.61. The number of carbonyl (C=O) groups is 4. The number of hydrogen-bond acceptors (Lipinski definition) is 7. The minimum Gasteiger partial charge on any atom is -0.481 e. The fourth-order valence-corrected chi connectivity index (χ4v) is 2.45. The molecule has 0 aliphatic rings. The molecule has 0 spiro atoms. The minimum atomic E-state index is -1.02. The highest BCUT2D eigenvalue weighted by atomic mass is 35.5. The van der Waals surface area contributed by atoms with Crippen LogP contribution in [0.2, 0.25) is 0 Å². The molecule has 180 valence electrons. The highest BCUT2D eigenvalue weighted by Crippen LogP contribution is 2.20. The first-order valence-electron chi connectivity index (χ1n) is 9.73. The van der Waals surface area contributed by atoms with E-state index in [1.165, 1.54) is 7.11 Å². The average Bonchev–Trinajstić information content (AvgIpc) is 2.77. The summed E-state index contributed by atoms with van der Waals surface area (Å²) in [6, 6.07) is 16.5. The summed E-state index contributed by atoms with van der Waals surface area (Å²) in [7, 11) is 1.24. The van der Waals surface area contributed by atoms with Crippen molar-refractivity contribution in [3.63, 3.8) is 0 Å². The van der Waals surface area contributed by atoms with Gasteiger partial charge in [-0.15, -0.1) is 0 Å². The molecule has 0 radical (unpaired) electrons. The van der Waals surface area contributed by atoms with E-state index in [4.69, 9.17) is 27.5 Å². The second-order valence-corrected chi connectivity index (χ2v) is 7.02. The Labute approximate surface area is 197 Å². The number of methoxy groups -OCH3 is 1. The van der Waals surface area contributed by atoms with E-state index in [0.29, 0.717) is 11.1 Å². The maximum atomic E-state index is 11.0. The number of aliphatic carboxylic acids is 2. The summed E-state index contributed by atoms with van der Waals surface area (Å²) >= 11 is 4.81. The Balaban J connectivity index is 0.000000501. The van der Waals surface area contributed by atoms with Crippen molar-refractivity contribution in [2.45, 2.75) is 38.3 Å². The van der Waals surface area contributed by atoms with E-state index in [0.717, 1.165) is 0 Å². The first-order valence-corrected chi connectivity index (χ1v) is 10.1. The molecule has 0 unspecified atom stereocenters. The predicted octanol–water partition coefficient (Wildman–Crippen LogP) is 3.96.